The van der Waals surface area contributed by atoms with Crippen LogP contribution in [0.15, 0.2) is 30.3 Å². The number of pyridine rings is 1. The molecule has 1 aromatic carbocycles. The Bertz CT molecular complexity index is 1490. The van der Waals surface area contributed by atoms with Gasteiger partial charge in [-0.15, -0.1) is 0 Å². The number of carbonyl (C=O) groups is 2. The van der Waals surface area contributed by atoms with Crippen molar-refractivity contribution in [3.05, 3.63) is 41.6 Å². The van der Waals surface area contributed by atoms with Gasteiger partial charge in [0.1, 0.15) is 5.82 Å². The number of fused-ring (bicyclic) bond motifs is 2. The van der Waals surface area contributed by atoms with E-state index in [1.165, 1.54) is 17.7 Å². The number of nitrogens with one attached hydrogen (secondary N) is 2. The molecule has 3 heterocycles. The average Bonchev–Trinajstić information content (AvgIpc) is 3.62. The number of hydrogen-bond acceptors (Lipinski definition) is 6. The fraction of sp³-hybridized carbons (Fsp3) is 0.536. The highest BCUT2D eigenvalue weighted by Crippen LogP contribution is 2.54. The van der Waals surface area contributed by atoms with Gasteiger partial charge in [0.15, 0.2) is 0 Å². The minimum absolute atomic E-state index is 0.00400. The molecule has 6 rings (SSSR count). The Hall–Kier alpha value is -3.28. The number of alkyl halides is 2. The van der Waals surface area contributed by atoms with E-state index in [1.807, 2.05) is 0 Å². The third kappa shape index (κ3) is 4.80. The standard InChI is InChI=1S/C28H33F2N5O4S/c1-34-20-5-6-22(31-23(20)27(25(34)37)9-11-28(29,30)12-10-27)32-24(36)19-4-3-18(33-40(2,38)39)17-21(19)35-15-13-26(7-8-26)14-16-35/h3-6,17,33H,7-16H2,1-2H3,(H,31,32,36). The molecule has 2 aromatic rings. The first kappa shape index (κ1) is 26.9. The molecule has 3 fully saturated rings. The predicted molar refractivity (Wildman–Crippen MR) is 149 cm³/mol. The zero-order valence-corrected chi connectivity index (χ0v) is 23.4. The topological polar surface area (TPSA) is 112 Å². The van der Waals surface area contributed by atoms with Crippen LogP contribution in [0.1, 0.15) is 67.4 Å². The normalized spacial score (nSPS) is 22.4. The van der Waals surface area contributed by atoms with Gasteiger partial charge >= 0.3 is 0 Å². The molecule has 2 aliphatic heterocycles. The number of aromatic nitrogens is 1. The van der Waals surface area contributed by atoms with Crippen LogP contribution in [-0.2, 0) is 20.2 Å². The maximum atomic E-state index is 14.0. The van der Waals surface area contributed by atoms with Crippen LogP contribution >= 0.6 is 0 Å². The average molecular weight is 574 g/mol. The van der Waals surface area contributed by atoms with Gasteiger partial charge in [-0.2, -0.15) is 0 Å². The summed E-state index contributed by atoms with van der Waals surface area (Å²) < 4.78 is 54.2. The van der Waals surface area contributed by atoms with Crippen molar-refractivity contribution >= 4 is 44.7 Å². The lowest BCUT2D eigenvalue weighted by Gasteiger charge is -2.35. The highest BCUT2D eigenvalue weighted by atomic mass is 32.2. The number of rotatable bonds is 5. The van der Waals surface area contributed by atoms with Gasteiger partial charge < -0.3 is 15.1 Å². The van der Waals surface area contributed by atoms with Crippen LogP contribution in [-0.4, -0.2) is 57.5 Å². The molecule has 214 valence electrons. The first-order valence-electron chi connectivity index (χ1n) is 13.7. The summed E-state index contributed by atoms with van der Waals surface area (Å²) in [5.74, 6) is -3.25. The van der Waals surface area contributed by atoms with Crippen LogP contribution < -0.4 is 19.8 Å². The van der Waals surface area contributed by atoms with Crippen molar-refractivity contribution in [1.82, 2.24) is 4.98 Å². The maximum absolute atomic E-state index is 14.0. The van der Waals surface area contributed by atoms with Crippen molar-refractivity contribution in [2.75, 3.05) is 46.2 Å². The van der Waals surface area contributed by atoms with Gasteiger partial charge in [-0.05, 0) is 74.3 Å². The summed E-state index contributed by atoms with van der Waals surface area (Å²) >= 11 is 0. The summed E-state index contributed by atoms with van der Waals surface area (Å²) in [6, 6.07) is 8.12. The number of halogens is 2. The molecule has 9 nitrogen and oxygen atoms in total. The van der Waals surface area contributed by atoms with Crippen LogP contribution in [0.2, 0.25) is 0 Å². The van der Waals surface area contributed by atoms with Gasteiger partial charge in [0, 0.05) is 33.0 Å². The van der Waals surface area contributed by atoms with Crippen molar-refractivity contribution in [2.24, 2.45) is 5.41 Å². The Balaban J connectivity index is 1.29. The summed E-state index contributed by atoms with van der Waals surface area (Å²) in [7, 11) is -1.89. The zero-order valence-electron chi connectivity index (χ0n) is 22.6. The Morgan fingerprint density at radius 2 is 1.62 bits per heavy atom. The van der Waals surface area contributed by atoms with Crippen molar-refractivity contribution in [3.8, 4) is 0 Å². The van der Waals surface area contributed by atoms with Crippen LogP contribution in [0.5, 0.6) is 0 Å². The smallest absolute Gasteiger partial charge is 0.258 e. The highest BCUT2D eigenvalue weighted by molar-refractivity contribution is 7.92. The fourth-order valence-corrected chi connectivity index (χ4v) is 7.07. The first-order valence-corrected chi connectivity index (χ1v) is 15.5. The molecule has 0 radical (unpaired) electrons. The summed E-state index contributed by atoms with van der Waals surface area (Å²) in [5, 5.41) is 2.84. The second-order valence-electron chi connectivity index (χ2n) is 11.9. The molecule has 0 bridgehead atoms. The molecule has 2 amide bonds. The van der Waals surface area contributed by atoms with E-state index in [4.69, 9.17) is 0 Å². The molecule has 1 saturated heterocycles. The lowest BCUT2D eigenvalue weighted by atomic mass is 9.71. The van der Waals surface area contributed by atoms with Gasteiger partial charge in [0.25, 0.3) is 5.91 Å². The number of hydrogen-bond donors (Lipinski definition) is 2. The minimum atomic E-state index is -3.51. The monoisotopic (exact) mass is 573 g/mol. The van der Waals surface area contributed by atoms with Crippen LogP contribution in [0, 0.1) is 5.41 Å². The summed E-state index contributed by atoms with van der Waals surface area (Å²) in [4.78, 5) is 35.0. The molecule has 2 spiro atoms. The number of benzene rings is 1. The summed E-state index contributed by atoms with van der Waals surface area (Å²) in [5.41, 5.74) is 1.65. The Kier molecular flexibility index (Phi) is 6.14. The molecular weight excluding hydrogens is 540 g/mol. The van der Waals surface area contributed by atoms with Crippen LogP contribution in [0.3, 0.4) is 0 Å². The van der Waals surface area contributed by atoms with E-state index in [2.05, 4.69) is 19.9 Å². The predicted octanol–water partition coefficient (Wildman–Crippen LogP) is 4.51. The number of likely N-dealkylation sites (N-methyl/N-ethyl adjacent to an activating group) is 1. The number of anilines is 4. The Labute approximate surface area is 232 Å². The number of piperidine rings is 1. The number of carbonyl (C=O) groups excluding carboxylic acids is 2. The quantitative estimate of drug-likeness (QED) is 0.545. The molecule has 2 aliphatic carbocycles. The van der Waals surface area contributed by atoms with E-state index in [1.54, 1.807) is 37.4 Å². The lowest BCUT2D eigenvalue weighted by molar-refractivity contribution is -0.128. The van der Waals surface area contributed by atoms with Crippen LogP contribution in [0.25, 0.3) is 0 Å². The highest BCUT2D eigenvalue weighted by Gasteiger charge is 2.56. The zero-order chi connectivity index (χ0) is 28.5. The van der Waals surface area contributed by atoms with Gasteiger partial charge in [-0.25, -0.2) is 22.2 Å². The van der Waals surface area contributed by atoms with E-state index in [0.717, 1.165) is 32.2 Å². The van der Waals surface area contributed by atoms with Crippen molar-refractivity contribution in [1.29, 1.82) is 0 Å². The Morgan fingerprint density at radius 3 is 2.25 bits per heavy atom. The number of amides is 2. The van der Waals surface area contributed by atoms with E-state index in [0.29, 0.717) is 33.7 Å². The minimum Gasteiger partial charge on any atom is -0.371 e. The van der Waals surface area contributed by atoms with Crippen molar-refractivity contribution in [2.45, 2.75) is 62.7 Å². The third-order valence-corrected chi connectivity index (χ3v) is 9.75. The van der Waals surface area contributed by atoms with Crippen LogP contribution in [0.4, 0.5) is 31.7 Å². The molecule has 2 N–H and O–H groups in total. The molecule has 12 heteroatoms. The van der Waals surface area contributed by atoms with E-state index in [-0.39, 0.29) is 24.6 Å². The summed E-state index contributed by atoms with van der Waals surface area (Å²) in [6.07, 6.45) is 4.78. The van der Waals surface area contributed by atoms with Crippen molar-refractivity contribution in [3.63, 3.8) is 0 Å². The van der Waals surface area contributed by atoms with Gasteiger partial charge in [-0.3, -0.25) is 14.3 Å². The maximum Gasteiger partial charge on any atom is 0.258 e. The van der Waals surface area contributed by atoms with Gasteiger partial charge in [0.05, 0.1) is 40.0 Å². The second kappa shape index (κ2) is 9.12. The molecule has 0 unspecified atom stereocenters. The second-order valence-corrected chi connectivity index (χ2v) is 13.7. The van der Waals surface area contributed by atoms with Crippen molar-refractivity contribution < 1.29 is 26.8 Å². The largest absolute Gasteiger partial charge is 0.371 e. The summed E-state index contributed by atoms with van der Waals surface area (Å²) in [6.45, 7) is 1.53. The molecule has 4 aliphatic rings. The lowest BCUT2D eigenvalue weighted by Crippen LogP contribution is -2.44. The molecule has 40 heavy (non-hydrogen) atoms. The van der Waals surface area contributed by atoms with Gasteiger partial charge in [-0.1, -0.05) is 0 Å². The molecule has 0 atom stereocenters. The van der Waals surface area contributed by atoms with Gasteiger partial charge in [0.2, 0.25) is 21.9 Å². The van der Waals surface area contributed by atoms with E-state index >= 15 is 0 Å². The van der Waals surface area contributed by atoms with E-state index in [9.17, 15) is 26.8 Å². The SMILES string of the molecule is CN1C(=O)C2(CCC(F)(F)CC2)c2nc(NC(=O)c3ccc(NS(C)(=O)=O)cc3N3CCC4(CC3)CC4)ccc21. The number of nitrogens with zero attached hydrogens (tertiary/aromatic N) is 3. The number of sulfonamides is 1. The fourth-order valence-electron chi connectivity index (χ4n) is 6.51. The first-order chi connectivity index (χ1) is 18.8. The third-order valence-electron chi connectivity index (χ3n) is 9.15. The molecule has 2 saturated carbocycles. The van der Waals surface area contributed by atoms with E-state index < -0.39 is 40.1 Å². The molecular formula is C28H33F2N5O4S. The molecule has 1 aromatic heterocycles. The Morgan fingerprint density at radius 1 is 0.950 bits per heavy atom.